The summed E-state index contributed by atoms with van der Waals surface area (Å²) in [7, 11) is 0. The van der Waals surface area contributed by atoms with E-state index in [0.717, 1.165) is 24.8 Å². The molecule has 3 nitrogen and oxygen atoms in total. The van der Waals surface area contributed by atoms with Crippen molar-refractivity contribution in [1.29, 1.82) is 0 Å². The molecule has 3 heteroatoms. The third-order valence-corrected chi connectivity index (χ3v) is 2.78. The first-order valence-electron chi connectivity index (χ1n) is 5.13. The Bertz CT molecular complexity index is 571. The van der Waals surface area contributed by atoms with E-state index in [9.17, 15) is 4.79 Å². The monoisotopic (exact) mass is 201 g/mol. The van der Waals surface area contributed by atoms with E-state index in [4.69, 9.17) is 4.42 Å². The van der Waals surface area contributed by atoms with Gasteiger partial charge in [0, 0.05) is 23.7 Å². The van der Waals surface area contributed by atoms with Crippen LogP contribution in [0, 0.1) is 0 Å². The number of hydrogen-bond acceptors (Lipinski definition) is 3. The Balaban J connectivity index is 2.30. The molecule has 3 rings (SSSR count). The van der Waals surface area contributed by atoms with Gasteiger partial charge in [0.2, 0.25) is 0 Å². The van der Waals surface area contributed by atoms with Crippen molar-refractivity contribution in [2.45, 2.75) is 12.8 Å². The summed E-state index contributed by atoms with van der Waals surface area (Å²) in [6.45, 7) is 1.02. The lowest BCUT2D eigenvalue weighted by molar-refractivity contribution is 0.560. The molecule has 0 atom stereocenters. The Morgan fingerprint density at radius 3 is 3.13 bits per heavy atom. The van der Waals surface area contributed by atoms with Gasteiger partial charge in [-0.15, -0.1) is 0 Å². The third-order valence-electron chi connectivity index (χ3n) is 2.78. The molecule has 0 amide bonds. The maximum atomic E-state index is 11.1. The molecule has 0 aliphatic carbocycles. The second-order valence-electron chi connectivity index (χ2n) is 3.83. The van der Waals surface area contributed by atoms with E-state index in [1.165, 1.54) is 17.3 Å². The van der Waals surface area contributed by atoms with Crippen molar-refractivity contribution in [1.82, 2.24) is 0 Å². The number of anilines is 1. The average molecular weight is 201 g/mol. The van der Waals surface area contributed by atoms with Gasteiger partial charge in [0.15, 0.2) is 0 Å². The van der Waals surface area contributed by atoms with E-state index >= 15 is 0 Å². The summed E-state index contributed by atoms with van der Waals surface area (Å²) in [6.07, 6.45) is 2.19. The normalized spacial score (nSPS) is 14.7. The summed E-state index contributed by atoms with van der Waals surface area (Å²) in [5, 5.41) is 4.32. The largest absolute Gasteiger partial charge is 0.423 e. The number of fused-ring (bicyclic) bond motifs is 2. The molecule has 0 saturated carbocycles. The summed E-state index contributed by atoms with van der Waals surface area (Å²) < 4.78 is 5.14. The number of nitrogens with one attached hydrogen (secondary N) is 1. The first-order chi connectivity index (χ1) is 7.33. The van der Waals surface area contributed by atoms with Crippen molar-refractivity contribution in [2.75, 3.05) is 11.9 Å². The quantitative estimate of drug-likeness (QED) is 0.664. The number of rotatable bonds is 0. The maximum absolute atomic E-state index is 11.1. The third kappa shape index (κ3) is 1.40. The summed E-state index contributed by atoms with van der Waals surface area (Å²) in [6, 6.07) is 7.28. The Hall–Kier alpha value is -1.77. The molecule has 1 aromatic carbocycles. The van der Waals surface area contributed by atoms with Crippen molar-refractivity contribution in [2.24, 2.45) is 0 Å². The lowest BCUT2D eigenvalue weighted by Gasteiger charge is -2.17. The van der Waals surface area contributed by atoms with Gasteiger partial charge in [-0.1, -0.05) is 0 Å². The van der Waals surface area contributed by atoms with Crippen LogP contribution in [0.15, 0.2) is 33.5 Å². The minimum atomic E-state index is -0.286. The number of benzene rings is 1. The fraction of sp³-hybridized carbons (Fsp3) is 0.250. The lowest BCUT2D eigenvalue weighted by Crippen LogP contribution is -2.11. The van der Waals surface area contributed by atoms with E-state index in [2.05, 4.69) is 5.32 Å². The van der Waals surface area contributed by atoms with Gasteiger partial charge in [-0.2, -0.15) is 0 Å². The first-order valence-corrected chi connectivity index (χ1v) is 5.13. The number of aryl methyl sites for hydroxylation is 1. The van der Waals surface area contributed by atoms with Gasteiger partial charge in [-0.05, 0) is 36.6 Å². The fourth-order valence-electron chi connectivity index (χ4n) is 2.03. The summed E-state index contributed by atoms with van der Waals surface area (Å²) in [4.78, 5) is 11.1. The molecule has 1 N–H and O–H groups in total. The molecule has 15 heavy (non-hydrogen) atoms. The molecule has 0 spiro atoms. The van der Waals surface area contributed by atoms with E-state index in [1.54, 1.807) is 6.07 Å². The Kier molecular flexibility index (Phi) is 1.78. The van der Waals surface area contributed by atoms with Crippen LogP contribution in [0.1, 0.15) is 12.0 Å². The summed E-state index contributed by atoms with van der Waals surface area (Å²) >= 11 is 0. The zero-order chi connectivity index (χ0) is 10.3. The van der Waals surface area contributed by atoms with Crippen molar-refractivity contribution in [3.63, 3.8) is 0 Å². The molecule has 2 heterocycles. The molecule has 0 saturated heterocycles. The van der Waals surface area contributed by atoms with Gasteiger partial charge in [-0.3, -0.25) is 0 Å². The summed E-state index contributed by atoms with van der Waals surface area (Å²) in [5.41, 5.74) is 2.81. The van der Waals surface area contributed by atoms with Crippen LogP contribution in [0.4, 0.5) is 5.69 Å². The van der Waals surface area contributed by atoms with Crippen LogP contribution < -0.4 is 10.9 Å². The Morgan fingerprint density at radius 2 is 2.20 bits per heavy atom. The van der Waals surface area contributed by atoms with Crippen molar-refractivity contribution >= 4 is 16.7 Å². The molecular weight excluding hydrogens is 190 g/mol. The highest BCUT2D eigenvalue weighted by Crippen LogP contribution is 2.26. The maximum Gasteiger partial charge on any atom is 0.336 e. The Morgan fingerprint density at radius 1 is 1.27 bits per heavy atom. The predicted octanol–water partition coefficient (Wildman–Crippen LogP) is 2.15. The molecule has 0 unspecified atom stereocenters. The molecule has 1 aliphatic heterocycles. The van der Waals surface area contributed by atoms with Gasteiger partial charge in [-0.25, -0.2) is 4.79 Å². The van der Waals surface area contributed by atoms with Crippen molar-refractivity contribution in [3.8, 4) is 0 Å². The molecule has 76 valence electrons. The first kappa shape index (κ1) is 8.53. The van der Waals surface area contributed by atoms with Crippen LogP contribution >= 0.6 is 0 Å². The van der Waals surface area contributed by atoms with Crippen molar-refractivity contribution in [3.05, 3.63) is 40.2 Å². The van der Waals surface area contributed by atoms with E-state index < -0.39 is 0 Å². The van der Waals surface area contributed by atoms with Crippen LogP contribution in [-0.2, 0) is 6.42 Å². The van der Waals surface area contributed by atoms with Gasteiger partial charge in [0.1, 0.15) is 5.58 Å². The number of hydrogen-bond donors (Lipinski definition) is 1. The standard InChI is InChI=1S/C12H11NO2/c14-12-4-3-9-6-10-8(2-1-5-13-10)7-11(9)15-12/h3-4,6-7,13H,1-2,5H2. The zero-order valence-electron chi connectivity index (χ0n) is 8.25. The second kappa shape index (κ2) is 3.12. The van der Waals surface area contributed by atoms with Gasteiger partial charge < -0.3 is 9.73 Å². The highest BCUT2D eigenvalue weighted by atomic mass is 16.4. The second-order valence-corrected chi connectivity index (χ2v) is 3.83. The molecule has 0 bridgehead atoms. The molecule has 1 aliphatic rings. The molecular formula is C12H11NO2. The molecule has 0 radical (unpaired) electrons. The van der Waals surface area contributed by atoms with E-state index in [-0.39, 0.29) is 5.63 Å². The van der Waals surface area contributed by atoms with Gasteiger partial charge in [0.25, 0.3) is 0 Å². The highest BCUT2D eigenvalue weighted by molar-refractivity contribution is 5.82. The van der Waals surface area contributed by atoms with Gasteiger partial charge >= 0.3 is 5.63 Å². The molecule has 2 aromatic rings. The smallest absolute Gasteiger partial charge is 0.336 e. The van der Waals surface area contributed by atoms with E-state index in [0.29, 0.717) is 5.58 Å². The fourth-order valence-corrected chi connectivity index (χ4v) is 2.03. The minimum absolute atomic E-state index is 0.286. The highest BCUT2D eigenvalue weighted by Gasteiger charge is 2.10. The van der Waals surface area contributed by atoms with Crippen LogP contribution in [0.2, 0.25) is 0 Å². The SMILES string of the molecule is O=c1ccc2cc3c(cc2o1)CCCN3. The van der Waals surface area contributed by atoms with Crippen LogP contribution in [0.3, 0.4) is 0 Å². The van der Waals surface area contributed by atoms with Crippen LogP contribution in [-0.4, -0.2) is 6.54 Å². The van der Waals surface area contributed by atoms with Crippen LogP contribution in [0.5, 0.6) is 0 Å². The predicted molar refractivity (Wildman–Crippen MR) is 59.3 cm³/mol. The van der Waals surface area contributed by atoms with Crippen molar-refractivity contribution < 1.29 is 4.42 Å². The van der Waals surface area contributed by atoms with Gasteiger partial charge in [0.05, 0.1) is 0 Å². The molecule has 0 fully saturated rings. The lowest BCUT2D eigenvalue weighted by atomic mass is 10.0. The Labute approximate surface area is 86.7 Å². The van der Waals surface area contributed by atoms with Crippen LogP contribution in [0.25, 0.3) is 11.0 Å². The summed E-state index contributed by atoms with van der Waals surface area (Å²) in [5.74, 6) is 0. The van der Waals surface area contributed by atoms with E-state index in [1.807, 2.05) is 12.1 Å². The average Bonchev–Trinajstić information content (AvgIpc) is 2.26. The zero-order valence-corrected chi connectivity index (χ0v) is 8.25. The minimum Gasteiger partial charge on any atom is -0.423 e. The molecule has 1 aromatic heterocycles. The topological polar surface area (TPSA) is 42.2 Å².